The van der Waals surface area contributed by atoms with E-state index in [0.29, 0.717) is 11.3 Å². The van der Waals surface area contributed by atoms with Crippen LogP contribution in [0.15, 0.2) is 88.9 Å². The number of sulfonamides is 1. The fourth-order valence-electron chi connectivity index (χ4n) is 2.75. The Hall–Kier alpha value is -3.65. The molecule has 0 aliphatic rings. The third kappa shape index (κ3) is 5.03. The summed E-state index contributed by atoms with van der Waals surface area (Å²) in [5.74, 6) is -0.605. The molecule has 30 heavy (non-hydrogen) atoms. The molecule has 0 radical (unpaired) electrons. The van der Waals surface area contributed by atoms with Gasteiger partial charge in [-0.05, 0) is 48.9 Å². The number of nitrogens with zero attached hydrogens (tertiary/aromatic N) is 2. The van der Waals surface area contributed by atoms with E-state index in [0.717, 1.165) is 9.87 Å². The lowest BCUT2D eigenvalue weighted by Gasteiger charge is -2.24. The van der Waals surface area contributed by atoms with Crippen LogP contribution in [0, 0.1) is 6.92 Å². The Labute approximate surface area is 175 Å². The van der Waals surface area contributed by atoms with E-state index in [1.54, 1.807) is 54.6 Å². The molecular weight excluding hydrogens is 402 g/mol. The van der Waals surface area contributed by atoms with Crippen LogP contribution in [0.4, 0.5) is 5.69 Å². The molecule has 154 valence electrons. The number of hydrazone groups is 1. The standard InChI is InChI=1S/C22H21N3O4S/c1-17-8-7-10-19(14-17)25(30(28,29)20-11-3-2-4-12-20)16-22(27)24-23-15-18-9-5-6-13-21(18)26/h2-15,26H,16H2,1H3,(H,24,27)/b23-15-. The maximum atomic E-state index is 13.2. The molecule has 8 heteroatoms. The van der Waals surface area contributed by atoms with Gasteiger partial charge in [-0.25, -0.2) is 13.8 Å². The number of para-hydroxylation sites is 1. The number of aromatic hydroxyl groups is 1. The van der Waals surface area contributed by atoms with Crippen molar-refractivity contribution in [2.45, 2.75) is 11.8 Å². The third-order valence-corrected chi connectivity index (χ3v) is 6.03. The minimum Gasteiger partial charge on any atom is -0.507 e. The topological polar surface area (TPSA) is 99.1 Å². The lowest BCUT2D eigenvalue weighted by atomic mass is 10.2. The predicted molar refractivity (Wildman–Crippen MR) is 116 cm³/mol. The second kappa shape index (κ2) is 9.23. The molecule has 0 saturated carbocycles. The predicted octanol–water partition coefficient (Wildman–Crippen LogP) is 3.05. The van der Waals surface area contributed by atoms with Gasteiger partial charge in [-0.1, -0.05) is 42.5 Å². The Kier molecular flexibility index (Phi) is 6.48. The molecule has 0 aliphatic carbocycles. The van der Waals surface area contributed by atoms with Gasteiger partial charge in [-0.15, -0.1) is 0 Å². The quantitative estimate of drug-likeness (QED) is 0.451. The van der Waals surface area contributed by atoms with Crippen LogP contribution < -0.4 is 9.73 Å². The lowest BCUT2D eigenvalue weighted by molar-refractivity contribution is -0.119. The molecule has 7 nitrogen and oxygen atoms in total. The van der Waals surface area contributed by atoms with E-state index in [-0.39, 0.29) is 10.6 Å². The lowest BCUT2D eigenvalue weighted by Crippen LogP contribution is -2.39. The zero-order valence-corrected chi connectivity index (χ0v) is 17.1. The molecule has 2 N–H and O–H groups in total. The number of carbonyl (C=O) groups is 1. The molecule has 0 aliphatic heterocycles. The first kappa shape index (κ1) is 21.1. The van der Waals surface area contributed by atoms with E-state index in [2.05, 4.69) is 10.5 Å². The Morgan fingerprint density at radius 3 is 2.43 bits per heavy atom. The number of nitrogens with one attached hydrogen (secondary N) is 1. The highest BCUT2D eigenvalue weighted by Crippen LogP contribution is 2.24. The number of carbonyl (C=O) groups excluding carboxylic acids is 1. The number of benzene rings is 3. The molecule has 0 bridgehead atoms. The molecule has 0 atom stereocenters. The number of rotatable bonds is 7. The van der Waals surface area contributed by atoms with Crippen LogP contribution in [0.3, 0.4) is 0 Å². The van der Waals surface area contributed by atoms with Gasteiger partial charge >= 0.3 is 0 Å². The fraction of sp³-hybridized carbons (Fsp3) is 0.0909. The monoisotopic (exact) mass is 423 g/mol. The highest BCUT2D eigenvalue weighted by atomic mass is 32.2. The van der Waals surface area contributed by atoms with E-state index in [4.69, 9.17) is 0 Å². The molecule has 3 rings (SSSR count). The van der Waals surface area contributed by atoms with Gasteiger partial charge in [0.25, 0.3) is 15.9 Å². The van der Waals surface area contributed by atoms with Crippen LogP contribution in [-0.2, 0) is 14.8 Å². The molecule has 0 fully saturated rings. The highest BCUT2D eigenvalue weighted by molar-refractivity contribution is 7.92. The second-order valence-corrected chi connectivity index (χ2v) is 8.38. The highest BCUT2D eigenvalue weighted by Gasteiger charge is 2.27. The van der Waals surface area contributed by atoms with E-state index in [1.165, 1.54) is 24.4 Å². The molecule has 0 heterocycles. The van der Waals surface area contributed by atoms with Crippen molar-refractivity contribution in [3.8, 4) is 5.75 Å². The Balaban J connectivity index is 1.84. The first-order chi connectivity index (χ1) is 14.4. The summed E-state index contributed by atoms with van der Waals surface area (Å²) in [6.07, 6.45) is 1.29. The number of phenols is 1. The van der Waals surface area contributed by atoms with Gasteiger partial charge in [0.05, 0.1) is 16.8 Å². The van der Waals surface area contributed by atoms with Crippen LogP contribution >= 0.6 is 0 Å². The maximum absolute atomic E-state index is 13.2. The summed E-state index contributed by atoms with van der Waals surface area (Å²) in [6.45, 7) is 1.38. The van der Waals surface area contributed by atoms with Gasteiger partial charge in [0.1, 0.15) is 12.3 Å². The van der Waals surface area contributed by atoms with Crippen molar-refractivity contribution >= 4 is 27.8 Å². The van der Waals surface area contributed by atoms with Crippen molar-refractivity contribution in [3.63, 3.8) is 0 Å². The number of hydrogen-bond donors (Lipinski definition) is 2. The summed E-state index contributed by atoms with van der Waals surface area (Å²) < 4.78 is 27.4. The van der Waals surface area contributed by atoms with Crippen molar-refractivity contribution in [1.82, 2.24) is 5.43 Å². The van der Waals surface area contributed by atoms with Crippen LogP contribution in [0.25, 0.3) is 0 Å². The molecule has 0 saturated heterocycles. The van der Waals surface area contributed by atoms with Crippen LogP contribution in [0.5, 0.6) is 5.75 Å². The third-order valence-electron chi connectivity index (χ3n) is 4.24. The van der Waals surface area contributed by atoms with Gasteiger partial charge in [-0.3, -0.25) is 9.10 Å². The van der Waals surface area contributed by atoms with E-state index >= 15 is 0 Å². The SMILES string of the molecule is Cc1cccc(N(CC(=O)N/N=C\c2ccccc2O)S(=O)(=O)c2ccccc2)c1. The van der Waals surface area contributed by atoms with Crippen molar-refractivity contribution in [2.75, 3.05) is 10.8 Å². The first-order valence-electron chi connectivity index (χ1n) is 9.12. The summed E-state index contributed by atoms with van der Waals surface area (Å²) in [7, 11) is -3.97. The van der Waals surface area contributed by atoms with Crippen molar-refractivity contribution in [1.29, 1.82) is 0 Å². The average Bonchev–Trinajstić information content (AvgIpc) is 2.74. The van der Waals surface area contributed by atoms with Crippen molar-refractivity contribution < 1.29 is 18.3 Å². The van der Waals surface area contributed by atoms with E-state index in [1.807, 2.05) is 13.0 Å². The van der Waals surface area contributed by atoms with Crippen molar-refractivity contribution in [2.24, 2.45) is 5.10 Å². The zero-order chi connectivity index (χ0) is 21.6. The maximum Gasteiger partial charge on any atom is 0.264 e. The van der Waals surface area contributed by atoms with Crippen LogP contribution in [0.2, 0.25) is 0 Å². The number of aryl methyl sites for hydroxylation is 1. The minimum absolute atomic E-state index is 0.0172. The Morgan fingerprint density at radius 1 is 1.03 bits per heavy atom. The molecular formula is C22H21N3O4S. The summed E-state index contributed by atoms with van der Waals surface area (Å²) in [5.41, 5.74) is 3.97. The molecule has 3 aromatic carbocycles. The largest absolute Gasteiger partial charge is 0.507 e. The van der Waals surface area contributed by atoms with E-state index < -0.39 is 22.5 Å². The number of phenolic OH excluding ortho intramolecular Hbond substituents is 1. The molecule has 1 amide bonds. The first-order valence-corrected chi connectivity index (χ1v) is 10.6. The van der Waals surface area contributed by atoms with E-state index in [9.17, 15) is 18.3 Å². The van der Waals surface area contributed by atoms with Gasteiger partial charge in [0.15, 0.2) is 0 Å². The summed E-state index contributed by atoms with van der Waals surface area (Å²) in [6, 6.07) is 21.3. The smallest absolute Gasteiger partial charge is 0.264 e. The molecule has 0 spiro atoms. The molecule has 3 aromatic rings. The number of anilines is 1. The van der Waals surface area contributed by atoms with Gasteiger partial charge in [0, 0.05) is 5.56 Å². The summed E-state index contributed by atoms with van der Waals surface area (Å²) in [4.78, 5) is 12.6. The van der Waals surface area contributed by atoms with Gasteiger partial charge < -0.3 is 5.11 Å². The normalized spacial score (nSPS) is 11.4. The van der Waals surface area contributed by atoms with Crippen molar-refractivity contribution in [3.05, 3.63) is 90.0 Å². The molecule has 0 aromatic heterocycles. The van der Waals surface area contributed by atoms with Crippen LogP contribution in [0.1, 0.15) is 11.1 Å². The number of hydrogen-bond acceptors (Lipinski definition) is 5. The minimum atomic E-state index is -3.97. The zero-order valence-electron chi connectivity index (χ0n) is 16.3. The Morgan fingerprint density at radius 2 is 1.73 bits per heavy atom. The summed E-state index contributed by atoms with van der Waals surface area (Å²) in [5, 5.41) is 13.6. The molecule has 0 unspecified atom stereocenters. The summed E-state index contributed by atoms with van der Waals surface area (Å²) >= 11 is 0. The Bertz CT molecular complexity index is 1160. The van der Waals surface area contributed by atoms with Crippen LogP contribution in [-0.4, -0.2) is 32.2 Å². The average molecular weight is 423 g/mol. The van der Waals surface area contributed by atoms with Gasteiger partial charge in [0.2, 0.25) is 0 Å². The number of amides is 1. The second-order valence-electron chi connectivity index (χ2n) is 6.52. The van der Waals surface area contributed by atoms with Gasteiger partial charge in [-0.2, -0.15) is 5.10 Å². The fourth-order valence-corrected chi connectivity index (χ4v) is 4.19.